The lowest BCUT2D eigenvalue weighted by molar-refractivity contribution is -0.133. The maximum atomic E-state index is 11.0. The first-order valence-electron chi connectivity index (χ1n) is 3.21. The zero-order chi connectivity index (χ0) is 8.85. The largest absolute Gasteiger partial charge is 0.394 e. The highest BCUT2D eigenvalue weighted by molar-refractivity contribution is 5.88. The number of hydrogen-bond donors (Lipinski definition) is 3. The van der Waals surface area contributed by atoms with Gasteiger partial charge in [-0.15, -0.1) is 0 Å². The van der Waals surface area contributed by atoms with Gasteiger partial charge in [0.25, 0.3) is 0 Å². The lowest BCUT2D eigenvalue weighted by Gasteiger charge is -2.14. The summed E-state index contributed by atoms with van der Waals surface area (Å²) >= 11 is 0. The average molecular weight is 163 g/mol. The fraction of sp³-hybridized carbons (Fsp3) is 0.833. The van der Waals surface area contributed by atoms with E-state index >= 15 is 0 Å². The molecule has 0 fully saturated rings. The zero-order valence-electron chi connectivity index (χ0n) is 6.36. The van der Waals surface area contributed by atoms with Crippen LogP contribution in [0.4, 0.5) is 0 Å². The molecule has 0 aromatic carbocycles. The third-order valence-corrected chi connectivity index (χ3v) is 1.33. The quantitative estimate of drug-likeness (QED) is 0.431. The van der Waals surface area contributed by atoms with E-state index in [2.05, 4.69) is 4.74 Å². The summed E-state index contributed by atoms with van der Waals surface area (Å²) in [5.74, 6) is -0.488. The van der Waals surface area contributed by atoms with Crippen molar-refractivity contribution in [3.63, 3.8) is 0 Å². The highest BCUT2D eigenvalue weighted by atomic mass is 16.5. The highest BCUT2D eigenvalue weighted by Crippen LogP contribution is 1.93. The first kappa shape index (κ1) is 10.5. The summed E-state index contributed by atoms with van der Waals surface area (Å²) in [4.78, 5) is 11.0. The van der Waals surface area contributed by atoms with Crippen LogP contribution in [-0.2, 0) is 9.53 Å². The minimum absolute atomic E-state index is 0.414. The molecule has 0 spiro atoms. The molecule has 0 amide bonds. The number of ketones is 1. The lowest BCUT2D eigenvalue weighted by Crippen LogP contribution is -2.43. The van der Waals surface area contributed by atoms with E-state index in [4.69, 9.17) is 15.9 Å². The molecule has 2 unspecified atom stereocenters. The van der Waals surface area contributed by atoms with Crippen molar-refractivity contribution in [2.45, 2.75) is 12.1 Å². The van der Waals surface area contributed by atoms with E-state index in [0.717, 1.165) is 0 Å². The second-order valence-electron chi connectivity index (χ2n) is 2.10. The van der Waals surface area contributed by atoms with Gasteiger partial charge in [0.15, 0.2) is 5.78 Å². The Morgan fingerprint density at radius 2 is 2.09 bits per heavy atom. The Morgan fingerprint density at radius 3 is 2.36 bits per heavy atom. The molecule has 2 atom stereocenters. The van der Waals surface area contributed by atoms with E-state index in [1.54, 1.807) is 0 Å². The van der Waals surface area contributed by atoms with E-state index in [-0.39, 0.29) is 0 Å². The smallest absolute Gasteiger partial charge is 0.182 e. The van der Waals surface area contributed by atoms with Crippen molar-refractivity contribution in [3.8, 4) is 0 Å². The first-order chi connectivity index (χ1) is 5.17. The molecule has 0 aliphatic heterocycles. The van der Waals surface area contributed by atoms with E-state index in [1.165, 1.54) is 7.11 Å². The van der Waals surface area contributed by atoms with E-state index in [9.17, 15) is 4.79 Å². The van der Waals surface area contributed by atoms with Crippen LogP contribution in [0.25, 0.3) is 0 Å². The fourth-order valence-electron chi connectivity index (χ4n) is 0.609. The average Bonchev–Trinajstić information content (AvgIpc) is 2.05. The summed E-state index contributed by atoms with van der Waals surface area (Å²) in [5.41, 5.74) is 5.18. The number of hydrogen-bond acceptors (Lipinski definition) is 5. The van der Waals surface area contributed by atoms with E-state index in [0.29, 0.717) is 0 Å². The number of aliphatic hydroxyl groups excluding tert-OH is 2. The molecule has 5 nitrogen and oxygen atoms in total. The van der Waals surface area contributed by atoms with Crippen LogP contribution < -0.4 is 5.73 Å². The maximum Gasteiger partial charge on any atom is 0.182 e. The molecule has 0 aliphatic carbocycles. The van der Waals surface area contributed by atoms with Gasteiger partial charge in [-0.2, -0.15) is 0 Å². The molecular formula is C6H13NO4. The van der Waals surface area contributed by atoms with Crippen LogP contribution in [0.3, 0.4) is 0 Å². The minimum Gasteiger partial charge on any atom is -0.394 e. The standard InChI is InChI=1S/C6H13NO4/c1-11-5(3-9)6(10)4(7)2-8/h4-5,8-9H,2-3,7H2,1H3. The molecule has 0 saturated carbocycles. The van der Waals surface area contributed by atoms with Crippen LogP contribution in [0.1, 0.15) is 0 Å². The molecule has 0 radical (unpaired) electrons. The van der Waals surface area contributed by atoms with Crippen LogP contribution in [0.5, 0.6) is 0 Å². The molecule has 0 aliphatic rings. The summed E-state index contributed by atoms with van der Waals surface area (Å²) < 4.78 is 4.59. The van der Waals surface area contributed by atoms with E-state index in [1.807, 2.05) is 0 Å². The third kappa shape index (κ3) is 2.94. The molecule has 5 heteroatoms. The first-order valence-corrected chi connectivity index (χ1v) is 3.21. The Morgan fingerprint density at radius 1 is 1.55 bits per heavy atom. The van der Waals surface area contributed by atoms with Gasteiger partial charge in [0, 0.05) is 7.11 Å². The van der Waals surface area contributed by atoms with Gasteiger partial charge in [0.05, 0.1) is 19.3 Å². The lowest BCUT2D eigenvalue weighted by atomic mass is 10.1. The van der Waals surface area contributed by atoms with Gasteiger partial charge in [-0.1, -0.05) is 0 Å². The molecule has 11 heavy (non-hydrogen) atoms. The van der Waals surface area contributed by atoms with Crippen molar-refractivity contribution in [1.82, 2.24) is 0 Å². The van der Waals surface area contributed by atoms with Gasteiger partial charge >= 0.3 is 0 Å². The zero-order valence-corrected chi connectivity index (χ0v) is 6.36. The third-order valence-electron chi connectivity index (χ3n) is 1.33. The Kier molecular flexibility index (Phi) is 4.97. The number of rotatable bonds is 5. The Labute approximate surface area is 64.8 Å². The topological polar surface area (TPSA) is 92.8 Å². The Hall–Kier alpha value is -0.490. The van der Waals surface area contributed by atoms with Crippen molar-refractivity contribution in [1.29, 1.82) is 0 Å². The van der Waals surface area contributed by atoms with E-state index < -0.39 is 31.1 Å². The molecule has 0 heterocycles. The van der Waals surface area contributed by atoms with Crippen LogP contribution in [0, 0.1) is 0 Å². The molecule has 0 rings (SSSR count). The molecular weight excluding hydrogens is 150 g/mol. The number of aliphatic hydroxyl groups is 2. The summed E-state index contributed by atoms with van der Waals surface area (Å²) in [6, 6.07) is -0.966. The maximum absolute atomic E-state index is 11.0. The van der Waals surface area contributed by atoms with Crippen LogP contribution >= 0.6 is 0 Å². The van der Waals surface area contributed by atoms with Gasteiger partial charge in [-0.05, 0) is 0 Å². The summed E-state index contributed by atoms with van der Waals surface area (Å²) in [6.45, 7) is -0.846. The molecule has 0 bridgehead atoms. The van der Waals surface area contributed by atoms with Crippen LogP contribution in [0.15, 0.2) is 0 Å². The van der Waals surface area contributed by atoms with Crippen molar-refractivity contribution in [2.24, 2.45) is 5.73 Å². The molecule has 0 saturated heterocycles. The van der Waals surface area contributed by atoms with Crippen molar-refractivity contribution in [2.75, 3.05) is 20.3 Å². The van der Waals surface area contributed by atoms with Crippen molar-refractivity contribution < 1.29 is 19.7 Å². The number of carbonyl (C=O) groups is 1. The minimum atomic E-state index is -0.966. The predicted octanol–water partition coefficient (Wildman–Crippen LogP) is -2.12. The summed E-state index contributed by atoms with van der Waals surface area (Å²) in [5, 5.41) is 17.0. The normalized spacial score (nSPS) is 16.0. The number of ether oxygens (including phenoxy) is 1. The number of Topliss-reactive ketones (excluding diaryl/α,β-unsaturated/α-hetero) is 1. The van der Waals surface area contributed by atoms with Gasteiger partial charge in [0.2, 0.25) is 0 Å². The van der Waals surface area contributed by atoms with Crippen molar-refractivity contribution in [3.05, 3.63) is 0 Å². The SMILES string of the molecule is COC(CO)C(=O)C(N)CO. The van der Waals surface area contributed by atoms with Gasteiger partial charge in [-0.3, -0.25) is 4.79 Å². The van der Waals surface area contributed by atoms with Crippen molar-refractivity contribution >= 4 is 5.78 Å². The number of methoxy groups -OCH3 is 1. The summed E-state index contributed by atoms with van der Waals surface area (Å²) in [7, 11) is 1.29. The summed E-state index contributed by atoms with van der Waals surface area (Å²) in [6.07, 6.45) is -0.919. The number of nitrogens with two attached hydrogens (primary N) is 1. The van der Waals surface area contributed by atoms with Gasteiger partial charge in [-0.25, -0.2) is 0 Å². The molecule has 4 N–H and O–H groups in total. The second kappa shape index (κ2) is 5.20. The second-order valence-corrected chi connectivity index (χ2v) is 2.10. The molecule has 0 aromatic rings. The van der Waals surface area contributed by atoms with Gasteiger partial charge < -0.3 is 20.7 Å². The molecule has 0 aromatic heterocycles. The molecule has 66 valence electrons. The Balaban J connectivity index is 3.97. The van der Waals surface area contributed by atoms with Gasteiger partial charge in [0.1, 0.15) is 6.10 Å². The van der Waals surface area contributed by atoms with Crippen LogP contribution in [-0.4, -0.2) is 48.5 Å². The predicted molar refractivity (Wildman–Crippen MR) is 38.0 cm³/mol. The fourth-order valence-corrected chi connectivity index (χ4v) is 0.609. The highest BCUT2D eigenvalue weighted by Gasteiger charge is 2.22. The Bertz CT molecular complexity index is 124. The van der Waals surface area contributed by atoms with Crippen LogP contribution in [0.2, 0.25) is 0 Å². The number of carbonyl (C=O) groups excluding carboxylic acids is 1. The monoisotopic (exact) mass is 163 g/mol.